The number of carbonyl (C=O) groups excluding carboxylic acids is 2. The summed E-state index contributed by atoms with van der Waals surface area (Å²) >= 11 is 0. The standard InChI is InChI=1S/C24H25F3N2O3.Li/c25-24(26,27)19-5-3-4-16(14-19)15-29-13-2-1-6-20(29)21(30)28-23(11-12-23)18-9-7-17(8-10-18)22(31)32;/h3-5,7-10,14,20H,1-2,6,11-13,15H2,(H,28,30)(H,31,32);/q;+1/p-1. The number of alkyl halides is 3. The molecular formula is C24H24F3LiN2O3. The fourth-order valence-corrected chi connectivity index (χ4v) is 4.41. The number of benzene rings is 2. The normalized spacial score (nSPS) is 19.9. The molecule has 9 heteroatoms. The van der Waals surface area contributed by atoms with E-state index in [1.807, 2.05) is 4.90 Å². The summed E-state index contributed by atoms with van der Waals surface area (Å²) in [5.41, 5.74) is 0.246. The minimum atomic E-state index is -4.40. The van der Waals surface area contributed by atoms with Crippen LogP contribution in [0.3, 0.4) is 0 Å². The maximum Gasteiger partial charge on any atom is 1.00 e. The molecule has 1 saturated heterocycles. The van der Waals surface area contributed by atoms with Crippen molar-refractivity contribution in [2.75, 3.05) is 6.54 Å². The molecule has 0 aromatic heterocycles. The van der Waals surface area contributed by atoms with Crippen LogP contribution in [0.5, 0.6) is 0 Å². The van der Waals surface area contributed by atoms with Crippen molar-refractivity contribution < 1.29 is 46.7 Å². The zero-order valence-electron chi connectivity index (χ0n) is 18.5. The van der Waals surface area contributed by atoms with E-state index in [0.29, 0.717) is 18.5 Å². The van der Waals surface area contributed by atoms with Gasteiger partial charge in [-0.3, -0.25) is 9.69 Å². The van der Waals surface area contributed by atoms with E-state index in [-0.39, 0.29) is 36.9 Å². The van der Waals surface area contributed by atoms with Gasteiger partial charge in [-0.05, 0) is 55.0 Å². The Labute approximate surface area is 202 Å². The SMILES string of the molecule is O=C([O-])c1ccc(C2(NC(=O)C3CCCCN3Cc3cccc(C(F)(F)F)c3)CC2)cc1.[Li+]. The molecule has 1 aliphatic heterocycles. The molecule has 0 bridgehead atoms. The number of rotatable bonds is 6. The topological polar surface area (TPSA) is 72.5 Å². The van der Waals surface area contributed by atoms with Gasteiger partial charge in [0.2, 0.25) is 5.91 Å². The second kappa shape index (κ2) is 9.92. The van der Waals surface area contributed by atoms with Crippen LogP contribution in [0.15, 0.2) is 48.5 Å². The number of amides is 1. The van der Waals surface area contributed by atoms with Crippen molar-refractivity contribution in [1.82, 2.24) is 10.2 Å². The van der Waals surface area contributed by atoms with Crippen molar-refractivity contribution in [3.05, 3.63) is 70.8 Å². The van der Waals surface area contributed by atoms with Gasteiger partial charge in [-0.2, -0.15) is 13.2 Å². The molecule has 1 aliphatic carbocycles. The molecule has 1 heterocycles. The average molecular weight is 452 g/mol. The van der Waals surface area contributed by atoms with Crippen molar-refractivity contribution in [3.63, 3.8) is 0 Å². The van der Waals surface area contributed by atoms with E-state index >= 15 is 0 Å². The number of hydrogen-bond donors (Lipinski definition) is 1. The number of carboxylic acids is 1. The molecule has 5 nitrogen and oxygen atoms in total. The number of nitrogens with zero attached hydrogens (tertiary/aromatic N) is 1. The Hall–Kier alpha value is -2.27. The molecule has 2 aromatic carbocycles. The van der Waals surface area contributed by atoms with E-state index in [2.05, 4.69) is 5.32 Å². The Morgan fingerprint density at radius 2 is 1.79 bits per heavy atom. The molecule has 1 unspecified atom stereocenters. The molecule has 0 spiro atoms. The van der Waals surface area contributed by atoms with Crippen LogP contribution in [0.25, 0.3) is 0 Å². The first-order valence-electron chi connectivity index (χ1n) is 10.7. The fourth-order valence-electron chi connectivity index (χ4n) is 4.41. The monoisotopic (exact) mass is 452 g/mol. The van der Waals surface area contributed by atoms with Gasteiger partial charge < -0.3 is 15.2 Å². The maximum atomic E-state index is 13.2. The summed E-state index contributed by atoms with van der Waals surface area (Å²) in [7, 11) is 0. The van der Waals surface area contributed by atoms with Crippen LogP contribution in [-0.2, 0) is 23.1 Å². The van der Waals surface area contributed by atoms with E-state index in [4.69, 9.17) is 0 Å². The van der Waals surface area contributed by atoms with Gasteiger partial charge in [0.15, 0.2) is 0 Å². The van der Waals surface area contributed by atoms with Crippen molar-refractivity contribution in [1.29, 1.82) is 0 Å². The predicted octanol–water partition coefficient (Wildman–Crippen LogP) is 0.233. The molecule has 4 rings (SSSR count). The van der Waals surface area contributed by atoms with Crippen LogP contribution < -0.4 is 29.3 Å². The van der Waals surface area contributed by atoms with Gasteiger partial charge in [-0.15, -0.1) is 0 Å². The van der Waals surface area contributed by atoms with Crippen molar-refractivity contribution in [3.8, 4) is 0 Å². The Bertz CT molecular complexity index is 1010. The largest absolute Gasteiger partial charge is 1.00 e. The molecule has 1 amide bonds. The van der Waals surface area contributed by atoms with E-state index in [1.165, 1.54) is 18.2 Å². The van der Waals surface area contributed by atoms with Crippen LogP contribution in [-0.4, -0.2) is 29.4 Å². The van der Waals surface area contributed by atoms with E-state index < -0.39 is 29.3 Å². The van der Waals surface area contributed by atoms with Gasteiger partial charge in [-0.1, -0.05) is 48.9 Å². The van der Waals surface area contributed by atoms with Crippen LogP contribution in [0.4, 0.5) is 13.2 Å². The summed E-state index contributed by atoms with van der Waals surface area (Å²) in [6.07, 6.45) is -0.486. The molecule has 33 heavy (non-hydrogen) atoms. The third-order valence-corrected chi connectivity index (χ3v) is 6.34. The van der Waals surface area contributed by atoms with E-state index in [0.717, 1.165) is 43.4 Å². The Kier molecular flexibility index (Phi) is 7.62. The van der Waals surface area contributed by atoms with Gasteiger partial charge in [-0.25, -0.2) is 0 Å². The molecule has 1 atom stereocenters. The van der Waals surface area contributed by atoms with E-state index in [9.17, 15) is 27.9 Å². The summed E-state index contributed by atoms with van der Waals surface area (Å²) < 4.78 is 39.2. The molecule has 2 aliphatic rings. The Morgan fingerprint density at radius 1 is 1.09 bits per heavy atom. The molecule has 1 saturated carbocycles. The predicted molar refractivity (Wildman–Crippen MR) is 109 cm³/mol. The third-order valence-electron chi connectivity index (χ3n) is 6.34. The second-order valence-corrected chi connectivity index (χ2v) is 8.62. The zero-order chi connectivity index (χ0) is 22.9. The van der Waals surface area contributed by atoms with Gasteiger partial charge in [0.25, 0.3) is 0 Å². The van der Waals surface area contributed by atoms with Gasteiger partial charge in [0.05, 0.1) is 23.1 Å². The third kappa shape index (κ3) is 5.81. The second-order valence-electron chi connectivity index (χ2n) is 8.62. The van der Waals surface area contributed by atoms with Gasteiger partial charge >= 0.3 is 25.0 Å². The van der Waals surface area contributed by atoms with Crippen LogP contribution in [0.1, 0.15) is 59.2 Å². The summed E-state index contributed by atoms with van der Waals surface area (Å²) in [4.78, 5) is 26.1. The molecule has 2 fully saturated rings. The molecule has 170 valence electrons. The number of halogens is 3. The summed E-state index contributed by atoms with van der Waals surface area (Å²) in [6, 6.07) is 11.1. The molecule has 0 radical (unpaired) electrons. The first-order valence-corrected chi connectivity index (χ1v) is 10.7. The van der Waals surface area contributed by atoms with Crippen LogP contribution in [0.2, 0.25) is 0 Å². The number of hydrogen-bond acceptors (Lipinski definition) is 4. The van der Waals surface area contributed by atoms with Crippen molar-refractivity contribution >= 4 is 11.9 Å². The van der Waals surface area contributed by atoms with Crippen LogP contribution in [0, 0.1) is 0 Å². The van der Waals surface area contributed by atoms with Gasteiger partial charge in [0.1, 0.15) is 0 Å². The zero-order valence-corrected chi connectivity index (χ0v) is 18.5. The summed E-state index contributed by atoms with van der Waals surface area (Å²) in [5.74, 6) is -1.39. The number of nitrogens with one attached hydrogen (secondary N) is 1. The molecule has 1 N–H and O–H groups in total. The number of piperidine rings is 1. The summed E-state index contributed by atoms with van der Waals surface area (Å²) in [5, 5.41) is 14.1. The number of carbonyl (C=O) groups is 2. The minimum Gasteiger partial charge on any atom is -0.545 e. The van der Waals surface area contributed by atoms with Gasteiger partial charge in [0, 0.05) is 6.54 Å². The maximum absolute atomic E-state index is 13.2. The summed E-state index contributed by atoms with van der Waals surface area (Å²) in [6.45, 7) is 0.914. The smallest absolute Gasteiger partial charge is 0.545 e. The Morgan fingerprint density at radius 3 is 2.39 bits per heavy atom. The number of likely N-dealkylation sites (tertiary alicyclic amines) is 1. The van der Waals surface area contributed by atoms with Crippen LogP contribution >= 0.6 is 0 Å². The van der Waals surface area contributed by atoms with E-state index in [1.54, 1.807) is 18.2 Å². The first kappa shape index (κ1) is 25.4. The number of carboxylic acid groups (broad SMARTS) is 1. The average Bonchev–Trinajstić information content (AvgIpc) is 3.54. The fraction of sp³-hybridized carbons (Fsp3) is 0.417. The number of aromatic carboxylic acids is 1. The first-order chi connectivity index (χ1) is 15.2. The van der Waals surface area contributed by atoms with Crippen molar-refractivity contribution in [2.24, 2.45) is 0 Å². The molecular weight excluding hydrogens is 428 g/mol. The Balaban J connectivity index is 0.00000306. The quantitative estimate of drug-likeness (QED) is 0.638. The molecule has 2 aromatic rings. The van der Waals surface area contributed by atoms with Crippen molar-refractivity contribution in [2.45, 2.75) is 56.4 Å². The minimum absolute atomic E-state index is 0.